The molecule has 0 aliphatic heterocycles. The van der Waals surface area contributed by atoms with E-state index >= 15 is 0 Å². The summed E-state index contributed by atoms with van der Waals surface area (Å²) in [6, 6.07) is 4.30. The van der Waals surface area contributed by atoms with Gasteiger partial charge in [-0.1, -0.05) is 26.8 Å². The molecule has 1 N–H and O–H groups in total. The van der Waals surface area contributed by atoms with E-state index in [2.05, 4.69) is 52.1 Å². The van der Waals surface area contributed by atoms with Crippen LogP contribution in [-0.4, -0.2) is 33.1 Å². The number of aromatic nitrogens is 3. The standard InChI is InChI=1S/C27H26BrF3N4O3S2/c1-5-38-25(37)19-14-9-8-13(26(2,3)4)11-17(14)40-24(19)33-23(36)21-20(28)22-32-15(16-7-6-10-39-16)12-18(27(29,30)31)35(22)34-21/h6-7,10,12-13H,5,8-9,11H2,1-4H3,(H,33,36)/t13-/m1/s1. The second-order valence-electron chi connectivity index (χ2n) is 10.6. The first kappa shape index (κ1) is 28.7. The first-order valence-electron chi connectivity index (χ1n) is 12.6. The third-order valence-corrected chi connectivity index (χ3v) is 9.80. The van der Waals surface area contributed by atoms with E-state index in [1.54, 1.807) is 24.4 Å². The number of fused-ring (bicyclic) bond motifs is 2. The summed E-state index contributed by atoms with van der Waals surface area (Å²) in [7, 11) is 0. The zero-order valence-corrected chi connectivity index (χ0v) is 25.3. The molecule has 4 heterocycles. The molecule has 40 heavy (non-hydrogen) atoms. The number of esters is 1. The lowest BCUT2D eigenvalue weighted by Crippen LogP contribution is -2.26. The van der Waals surface area contributed by atoms with Crippen LogP contribution in [-0.2, 0) is 23.8 Å². The largest absolute Gasteiger partial charge is 0.462 e. The number of hydrogen-bond acceptors (Lipinski definition) is 7. The van der Waals surface area contributed by atoms with Crippen molar-refractivity contribution in [3.8, 4) is 10.6 Å². The van der Waals surface area contributed by atoms with Crippen LogP contribution in [0.15, 0.2) is 28.1 Å². The van der Waals surface area contributed by atoms with Crippen LogP contribution in [0.5, 0.6) is 0 Å². The molecule has 5 rings (SSSR count). The Hall–Kier alpha value is -2.77. The van der Waals surface area contributed by atoms with Crippen molar-refractivity contribution >= 4 is 61.1 Å². The van der Waals surface area contributed by atoms with Crippen molar-refractivity contribution < 1.29 is 27.5 Å². The number of carbonyl (C=O) groups is 2. The molecule has 212 valence electrons. The lowest BCUT2D eigenvalue weighted by atomic mass is 9.72. The number of carbonyl (C=O) groups excluding carboxylic acids is 2. The number of halogens is 4. The highest BCUT2D eigenvalue weighted by molar-refractivity contribution is 9.10. The summed E-state index contributed by atoms with van der Waals surface area (Å²) in [5, 5.41) is 8.79. The molecule has 0 radical (unpaired) electrons. The van der Waals surface area contributed by atoms with Gasteiger partial charge in [-0.2, -0.15) is 18.3 Å². The average molecular weight is 656 g/mol. The first-order chi connectivity index (χ1) is 18.8. The molecule has 1 aliphatic carbocycles. The van der Waals surface area contributed by atoms with Crippen molar-refractivity contribution in [1.82, 2.24) is 14.6 Å². The number of alkyl halides is 3. The fourth-order valence-corrected chi connectivity index (χ4v) is 7.40. The van der Waals surface area contributed by atoms with Crippen LogP contribution in [0.25, 0.3) is 16.2 Å². The minimum Gasteiger partial charge on any atom is -0.462 e. The van der Waals surface area contributed by atoms with Crippen LogP contribution >= 0.6 is 38.6 Å². The predicted molar refractivity (Wildman–Crippen MR) is 152 cm³/mol. The lowest BCUT2D eigenvalue weighted by Gasteiger charge is -2.33. The molecule has 0 fully saturated rings. The van der Waals surface area contributed by atoms with Crippen LogP contribution in [0, 0.1) is 11.3 Å². The van der Waals surface area contributed by atoms with Crippen LogP contribution in [0.2, 0.25) is 0 Å². The number of anilines is 1. The van der Waals surface area contributed by atoms with E-state index in [-0.39, 0.29) is 33.5 Å². The minimum atomic E-state index is -4.75. The van der Waals surface area contributed by atoms with E-state index in [0.29, 0.717) is 32.3 Å². The van der Waals surface area contributed by atoms with Crippen molar-refractivity contribution in [3.05, 3.63) is 55.4 Å². The van der Waals surface area contributed by atoms with Gasteiger partial charge >= 0.3 is 12.1 Å². The number of amides is 1. The SMILES string of the molecule is CCOC(=O)c1c(NC(=O)c2nn3c(C(F)(F)F)cc(-c4cccs4)nc3c2Br)sc2c1CC[C@@H](C(C)(C)C)C2. The Morgan fingerprint density at radius 3 is 2.65 bits per heavy atom. The van der Waals surface area contributed by atoms with Crippen LogP contribution in [0.4, 0.5) is 18.2 Å². The summed E-state index contributed by atoms with van der Waals surface area (Å²) in [5.74, 6) is -0.908. The lowest BCUT2D eigenvalue weighted by molar-refractivity contribution is -0.142. The molecule has 0 saturated carbocycles. The molecule has 0 unspecified atom stereocenters. The quantitative estimate of drug-likeness (QED) is 0.221. The van der Waals surface area contributed by atoms with Gasteiger partial charge in [0.15, 0.2) is 17.0 Å². The minimum absolute atomic E-state index is 0.0145. The predicted octanol–water partition coefficient (Wildman–Crippen LogP) is 7.88. The zero-order valence-electron chi connectivity index (χ0n) is 22.1. The van der Waals surface area contributed by atoms with Crippen molar-refractivity contribution in [2.75, 3.05) is 11.9 Å². The summed E-state index contributed by atoms with van der Waals surface area (Å²) in [5.41, 5.74) is -0.144. The Morgan fingerprint density at radius 2 is 2.02 bits per heavy atom. The normalized spacial score (nSPS) is 15.8. The fourth-order valence-electron chi connectivity index (χ4n) is 4.88. The molecule has 1 amide bonds. The molecule has 0 bridgehead atoms. The molecular weight excluding hydrogens is 629 g/mol. The van der Waals surface area contributed by atoms with Crippen molar-refractivity contribution in [2.45, 2.75) is 53.1 Å². The molecular formula is C27H26BrF3N4O3S2. The van der Waals surface area contributed by atoms with E-state index in [4.69, 9.17) is 4.74 Å². The van der Waals surface area contributed by atoms with E-state index in [0.717, 1.165) is 29.3 Å². The highest BCUT2D eigenvalue weighted by atomic mass is 79.9. The van der Waals surface area contributed by atoms with Gasteiger partial charge in [-0.3, -0.25) is 4.79 Å². The second-order valence-corrected chi connectivity index (χ2v) is 13.4. The fraction of sp³-hybridized carbons (Fsp3) is 0.407. The van der Waals surface area contributed by atoms with Gasteiger partial charge in [0.2, 0.25) is 0 Å². The molecule has 0 aromatic carbocycles. The second kappa shape index (κ2) is 10.6. The topological polar surface area (TPSA) is 85.6 Å². The van der Waals surface area contributed by atoms with Gasteiger partial charge in [0.05, 0.1) is 27.2 Å². The monoisotopic (exact) mass is 654 g/mol. The van der Waals surface area contributed by atoms with Gasteiger partial charge in [-0.15, -0.1) is 22.7 Å². The van der Waals surface area contributed by atoms with Crippen LogP contribution < -0.4 is 5.32 Å². The van der Waals surface area contributed by atoms with E-state index in [1.807, 2.05) is 0 Å². The number of hydrogen-bond donors (Lipinski definition) is 1. The summed E-state index contributed by atoms with van der Waals surface area (Å²) < 4.78 is 48.1. The van der Waals surface area contributed by atoms with Crippen LogP contribution in [0.3, 0.4) is 0 Å². The van der Waals surface area contributed by atoms with Gasteiger partial charge < -0.3 is 10.1 Å². The Labute approximate surface area is 244 Å². The van der Waals surface area contributed by atoms with Crippen molar-refractivity contribution in [1.29, 1.82) is 0 Å². The summed E-state index contributed by atoms with van der Waals surface area (Å²) in [6.07, 6.45) is -2.43. The highest BCUT2D eigenvalue weighted by Crippen LogP contribution is 2.45. The Morgan fingerprint density at radius 1 is 1.27 bits per heavy atom. The maximum atomic E-state index is 14.0. The zero-order chi connectivity index (χ0) is 29.0. The van der Waals surface area contributed by atoms with Gasteiger partial charge in [0.1, 0.15) is 5.00 Å². The number of rotatable bonds is 5. The number of ether oxygens (including phenoxy) is 1. The summed E-state index contributed by atoms with van der Waals surface area (Å²) in [6.45, 7) is 8.41. The summed E-state index contributed by atoms with van der Waals surface area (Å²) >= 11 is 5.82. The Balaban J connectivity index is 1.56. The first-order valence-corrected chi connectivity index (χ1v) is 15.1. The molecule has 4 aromatic rings. The van der Waals surface area contributed by atoms with Gasteiger partial charge in [-0.25, -0.2) is 14.3 Å². The molecule has 0 spiro atoms. The Bertz CT molecular complexity index is 1600. The molecule has 1 aliphatic rings. The maximum Gasteiger partial charge on any atom is 0.433 e. The van der Waals surface area contributed by atoms with Crippen molar-refractivity contribution in [2.24, 2.45) is 11.3 Å². The summed E-state index contributed by atoms with van der Waals surface area (Å²) in [4.78, 5) is 32.4. The molecule has 13 heteroatoms. The smallest absolute Gasteiger partial charge is 0.433 e. The van der Waals surface area contributed by atoms with E-state index < -0.39 is 23.7 Å². The molecule has 1 atom stereocenters. The third-order valence-electron chi connectivity index (χ3n) is 7.01. The third kappa shape index (κ3) is 5.30. The van der Waals surface area contributed by atoms with E-state index in [1.165, 1.54) is 22.7 Å². The Kier molecular flexibility index (Phi) is 7.60. The molecule has 7 nitrogen and oxygen atoms in total. The maximum absolute atomic E-state index is 14.0. The van der Waals surface area contributed by atoms with Crippen LogP contribution in [0.1, 0.15) is 71.1 Å². The number of thiophene rings is 2. The molecule has 4 aromatic heterocycles. The van der Waals surface area contributed by atoms with Gasteiger partial charge in [0, 0.05) is 4.88 Å². The molecule has 0 saturated heterocycles. The average Bonchev–Trinajstić information content (AvgIpc) is 3.60. The van der Waals surface area contributed by atoms with E-state index in [9.17, 15) is 22.8 Å². The van der Waals surface area contributed by atoms with Gasteiger partial charge in [-0.05, 0) is 76.5 Å². The van der Waals surface area contributed by atoms with Crippen molar-refractivity contribution in [3.63, 3.8) is 0 Å². The number of nitrogens with zero attached hydrogens (tertiary/aromatic N) is 3. The number of nitrogens with one attached hydrogen (secondary N) is 1. The van der Waals surface area contributed by atoms with Gasteiger partial charge in [0.25, 0.3) is 5.91 Å². The highest BCUT2D eigenvalue weighted by Gasteiger charge is 2.38.